The van der Waals surface area contributed by atoms with Crippen molar-refractivity contribution in [3.63, 3.8) is 0 Å². The summed E-state index contributed by atoms with van der Waals surface area (Å²) >= 11 is 3.49. The quantitative estimate of drug-likeness (QED) is 0.882. The molecule has 2 atom stereocenters. The van der Waals surface area contributed by atoms with Crippen molar-refractivity contribution >= 4 is 15.9 Å². The Morgan fingerprint density at radius 1 is 1.19 bits per heavy atom. The van der Waals surface area contributed by atoms with Crippen molar-refractivity contribution in [1.82, 2.24) is 0 Å². The number of benzene rings is 1. The molecule has 0 amide bonds. The highest BCUT2D eigenvalue weighted by Crippen LogP contribution is 2.69. The van der Waals surface area contributed by atoms with Crippen molar-refractivity contribution in [2.24, 2.45) is 17.1 Å². The molecule has 1 nitrogen and oxygen atoms in total. The van der Waals surface area contributed by atoms with Gasteiger partial charge in [0.2, 0.25) is 0 Å². The Balaban J connectivity index is 1.93. The molecule has 0 spiro atoms. The Labute approximate surface area is 106 Å². The van der Waals surface area contributed by atoms with Gasteiger partial charge < -0.3 is 5.73 Å². The number of hydrogen-bond donors (Lipinski definition) is 1. The monoisotopic (exact) mass is 279 g/mol. The minimum atomic E-state index is 0.337. The van der Waals surface area contributed by atoms with Gasteiger partial charge in [-0.25, -0.2) is 0 Å². The highest BCUT2D eigenvalue weighted by Gasteiger charge is 2.69. The van der Waals surface area contributed by atoms with Crippen LogP contribution in [-0.2, 0) is 5.41 Å². The molecule has 0 unspecified atom stereocenters. The summed E-state index contributed by atoms with van der Waals surface area (Å²) < 4.78 is 1.16. The first-order valence-corrected chi connectivity index (χ1v) is 6.79. The van der Waals surface area contributed by atoms with Crippen molar-refractivity contribution in [3.8, 4) is 0 Å². The zero-order valence-electron chi connectivity index (χ0n) is 9.83. The normalized spacial score (nSPS) is 33.5. The van der Waals surface area contributed by atoms with E-state index in [1.807, 2.05) is 0 Å². The van der Waals surface area contributed by atoms with E-state index in [2.05, 4.69) is 54.0 Å². The molecule has 16 heavy (non-hydrogen) atoms. The molecule has 3 rings (SSSR count). The highest BCUT2D eigenvalue weighted by atomic mass is 79.9. The standard InChI is InChI=1S/C14H18BrN/c1-13(2)11(12(13)16)14(7-8-14)9-3-5-10(15)6-4-9/h3-6,11-12H,7-8,16H2,1-2H3/t11-,12-/m0/s1. The smallest absolute Gasteiger partial charge is 0.0175 e. The molecule has 0 radical (unpaired) electrons. The van der Waals surface area contributed by atoms with Crippen LogP contribution in [0.25, 0.3) is 0 Å². The van der Waals surface area contributed by atoms with Gasteiger partial charge in [0.1, 0.15) is 0 Å². The lowest BCUT2D eigenvalue weighted by Crippen LogP contribution is -2.15. The molecule has 0 aliphatic heterocycles. The average molecular weight is 280 g/mol. The van der Waals surface area contributed by atoms with Crippen molar-refractivity contribution in [3.05, 3.63) is 34.3 Å². The maximum absolute atomic E-state index is 6.23. The molecule has 1 aromatic rings. The fraction of sp³-hybridized carbons (Fsp3) is 0.571. The van der Waals surface area contributed by atoms with Gasteiger partial charge in [0.15, 0.2) is 0 Å². The van der Waals surface area contributed by atoms with Gasteiger partial charge in [0, 0.05) is 15.9 Å². The lowest BCUT2D eigenvalue weighted by atomic mass is 9.87. The first-order valence-electron chi connectivity index (χ1n) is 6.00. The molecule has 86 valence electrons. The molecule has 2 N–H and O–H groups in total. The van der Waals surface area contributed by atoms with Crippen molar-refractivity contribution in [2.75, 3.05) is 0 Å². The van der Waals surface area contributed by atoms with Gasteiger partial charge in [-0.15, -0.1) is 0 Å². The van der Waals surface area contributed by atoms with Gasteiger partial charge in [-0.1, -0.05) is 41.9 Å². The van der Waals surface area contributed by atoms with Gasteiger partial charge in [-0.05, 0) is 41.9 Å². The molecule has 0 heterocycles. The molecule has 0 saturated heterocycles. The van der Waals surface area contributed by atoms with E-state index in [4.69, 9.17) is 5.73 Å². The maximum Gasteiger partial charge on any atom is 0.0175 e. The van der Waals surface area contributed by atoms with E-state index in [0.717, 1.165) is 4.47 Å². The summed E-state index contributed by atoms with van der Waals surface area (Å²) in [7, 11) is 0. The summed E-state index contributed by atoms with van der Waals surface area (Å²) in [6, 6.07) is 9.21. The van der Waals surface area contributed by atoms with Crippen LogP contribution in [0.15, 0.2) is 28.7 Å². The van der Waals surface area contributed by atoms with Crippen LogP contribution in [0.3, 0.4) is 0 Å². The van der Waals surface area contributed by atoms with E-state index < -0.39 is 0 Å². The molecule has 1 aromatic carbocycles. The summed E-state index contributed by atoms with van der Waals surface area (Å²) in [6.07, 6.45) is 2.63. The van der Waals surface area contributed by atoms with E-state index >= 15 is 0 Å². The molecule has 2 heteroatoms. The fourth-order valence-corrected chi connectivity index (χ4v) is 3.69. The van der Waals surface area contributed by atoms with Crippen LogP contribution in [0, 0.1) is 11.3 Å². The molecule has 2 aliphatic carbocycles. The van der Waals surface area contributed by atoms with E-state index in [1.165, 1.54) is 18.4 Å². The van der Waals surface area contributed by atoms with Crippen LogP contribution in [0.5, 0.6) is 0 Å². The zero-order valence-corrected chi connectivity index (χ0v) is 11.4. The Morgan fingerprint density at radius 2 is 1.69 bits per heavy atom. The lowest BCUT2D eigenvalue weighted by Gasteiger charge is -2.17. The Kier molecular flexibility index (Phi) is 2.10. The topological polar surface area (TPSA) is 26.0 Å². The van der Waals surface area contributed by atoms with Gasteiger partial charge in [0.25, 0.3) is 0 Å². The third-order valence-electron chi connectivity index (χ3n) is 4.71. The second-order valence-corrected chi connectivity index (χ2v) is 6.90. The second-order valence-electron chi connectivity index (χ2n) is 5.99. The third-order valence-corrected chi connectivity index (χ3v) is 5.24. The third kappa shape index (κ3) is 1.32. The van der Waals surface area contributed by atoms with E-state index in [9.17, 15) is 0 Å². The molecule has 0 aromatic heterocycles. The minimum absolute atomic E-state index is 0.337. The molecule has 2 aliphatic rings. The molecule has 2 saturated carbocycles. The Morgan fingerprint density at radius 3 is 2.06 bits per heavy atom. The summed E-state index contributed by atoms with van der Waals surface area (Å²) in [5.74, 6) is 0.682. The van der Waals surface area contributed by atoms with Crippen molar-refractivity contribution < 1.29 is 0 Å². The van der Waals surface area contributed by atoms with Crippen LogP contribution in [0.4, 0.5) is 0 Å². The van der Waals surface area contributed by atoms with Crippen LogP contribution in [0.2, 0.25) is 0 Å². The van der Waals surface area contributed by atoms with E-state index in [0.29, 0.717) is 22.8 Å². The van der Waals surface area contributed by atoms with E-state index in [1.54, 1.807) is 0 Å². The van der Waals surface area contributed by atoms with Gasteiger partial charge in [-0.2, -0.15) is 0 Å². The largest absolute Gasteiger partial charge is 0.327 e. The molecule has 2 fully saturated rings. The molecule has 0 bridgehead atoms. The van der Waals surface area contributed by atoms with Crippen LogP contribution < -0.4 is 5.73 Å². The summed E-state index contributed by atoms with van der Waals surface area (Å²) in [4.78, 5) is 0. The first-order chi connectivity index (χ1) is 7.48. The number of hydrogen-bond acceptors (Lipinski definition) is 1. The zero-order chi connectivity index (χ0) is 11.6. The van der Waals surface area contributed by atoms with Gasteiger partial charge in [-0.3, -0.25) is 0 Å². The maximum atomic E-state index is 6.23. The Hall–Kier alpha value is -0.340. The molecular weight excluding hydrogens is 262 g/mol. The predicted molar refractivity (Wildman–Crippen MR) is 70.3 cm³/mol. The first kappa shape index (κ1) is 10.8. The van der Waals surface area contributed by atoms with Crippen molar-refractivity contribution in [1.29, 1.82) is 0 Å². The number of halogens is 1. The number of rotatable bonds is 2. The van der Waals surface area contributed by atoms with Gasteiger partial charge in [0.05, 0.1) is 0 Å². The summed E-state index contributed by atoms with van der Waals surface area (Å²) in [5, 5.41) is 0. The SMILES string of the molecule is CC1(C)[C@@H](C2(c3ccc(Br)cc3)CC2)[C@@H]1N. The minimum Gasteiger partial charge on any atom is -0.327 e. The highest BCUT2D eigenvalue weighted by molar-refractivity contribution is 9.10. The number of nitrogens with two attached hydrogens (primary N) is 1. The van der Waals surface area contributed by atoms with Crippen LogP contribution in [0.1, 0.15) is 32.3 Å². The van der Waals surface area contributed by atoms with Gasteiger partial charge >= 0.3 is 0 Å². The van der Waals surface area contributed by atoms with Crippen LogP contribution >= 0.6 is 15.9 Å². The van der Waals surface area contributed by atoms with Crippen LogP contribution in [-0.4, -0.2) is 6.04 Å². The fourth-order valence-electron chi connectivity index (χ4n) is 3.43. The average Bonchev–Trinajstić information content (AvgIpc) is 3.08. The lowest BCUT2D eigenvalue weighted by molar-refractivity contribution is 0.469. The second kappa shape index (κ2) is 3.11. The predicted octanol–water partition coefficient (Wildman–Crippen LogP) is 3.46. The summed E-state index contributed by atoms with van der Waals surface area (Å²) in [6.45, 7) is 4.61. The molecular formula is C14H18BrN. The Bertz CT molecular complexity index is 417. The van der Waals surface area contributed by atoms with E-state index in [-0.39, 0.29) is 0 Å². The summed E-state index contributed by atoms with van der Waals surface area (Å²) in [5.41, 5.74) is 8.46. The van der Waals surface area contributed by atoms with Crippen molar-refractivity contribution in [2.45, 2.75) is 38.1 Å².